The van der Waals surface area contributed by atoms with Gasteiger partial charge in [0.2, 0.25) is 0 Å². The molecule has 0 saturated carbocycles. The standard InChI is InChI=1S/C38H19F12N3/c39-35(40,41)20-5-9-28-24(13-20)25-14-21(36(42,43)44)6-10-29(25)52(28)32-17-51-18-33(34(32)19-3-1-2-4-19)53-30-11-7-22(37(45,46)47)15-26(30)27-16-23(38(48,49)50)8-12-31(27)53/h1-3,5-18H,4H2. The Morgan fingerprint density at radius 2 is 0.774 bits per heavy atom. The van der Waals surface area contributed by atoms with Gasteiger partial charge in [-0.15, -0.1) is 0 Å². The predicted molar refractivity (Wildman–Crippen MR) is 175 cm³/mol. The molecule has 1 aliphatic rings. The molecule has 8 rings (SSSR count). The fourth-order valence-electron chi connectivity index (χ4n) is 7.01. The second-order valence-electron chi connectivity index (χ2n) is 12.5. The number of halogens is 12. The molecule has 0 atom stereocenters. The third-order valence-electron chi connectivity index (χ3n) is 9.32. The molecule has 0 fully saturated rings. The largest absolute Gasteiger partial charge is 0.416 e. The maximum atomic E-state index is 13.9. The maximum absolute atomic E-state index is 13.9. The van der Waals surface area contributed by atoms with Crippen molar-refractivity contribution in [3.05, 3.63) is 131 Å². The van der Waals surface area contributed by atoms with Gasteiger partial charge in [-0.1, -0.05) is 18.2 Å². The van der Waals surface area contributed by atoms with Crippen molar-refractivity contribution in [2.45, 2.75) is 31.1 Å². The Bertz CT molecular complexity index is 2390. The van der Waals surface area contributed by atoms with Crippen LogP contribution in [0.5, 0.6) is 0 Å². The fourth-order valence-corrected chi connectivity index (χ4v) is 7.01. The van der Waals surface area contributed by atoms with Gasteiger partial charge in [0.25, 0.3) is 0 Å². The normalized spacial score (nSPS) is 14.4. The molecule has 0 spiro atoms. The Kier molecular flexibility index (Phi) is 7.38. The van der Waals surface area contributed by atoms with Crippen molar-refractivity contribution < 1.29 is 52.7 Å². The summed E-state index contributed by atoms with van der Waals surface area (Å²) >= 11 is 0. The minimum absolute atomic E-state index is 0.0888. The lowest BCUT2D eigenvalue weighted by Crippen LogP contribution is -2.08. The number of hydrogen-bond donors (Lipinski definition) is 0. The molecule has 0 bridgehead atoms. The van der Waals surface area contributed by atoms with E-state index in [2.05, 4.69) is 4.98 Å². The number of aromatic nitrogens is 3. The number of pyridine rings is 1. The van der Waals surface area contributed by atoms with Crippen LogP contribution >= 0.6 is 0 Å². The van der Waals surface area contributed by atoms with Gasteiger partial charge in [0.15, 0.2) is 0 Å². The molecular weight excluding hydrogens is 726 g/mol. The zero-order valence-electron chi connectivity index (χ0n) is 26.4. The monoisotopic (exact) mass is 745 g/mol. The fraction of sp³-hybridized carbons (Fsp3) is 0.132. The Morgan fingerprint density at radius 3 is 1.04 bits per heavy atom. The van der Waals surface area contributed by atoms with Gasteiger partial charge in [0.05, 0.1) is 68.1 Å². The first kappa shape index (κ1) is 34.4. The summed E-state index contributed by atoms with van der Waals surface area (Å²) in [7, 11) is 0. The van der Waals surface area contributed by atoms with Crippen LogP contribution in [0, 0.1) is 0 Å². The quantitative estimate of drug-likeness (QED) is 0.165. The van der Waals surface area contributed by atoms with E-state index in [-0.39, 0.29) is 61.4 Å². The molecular formula is C38H19F12N3. The molecule has 3 nitrogen and oxygen atoms in total. The van der Waals surface area contributed by atoms with Crippen molar-refractivity contribution in [3.8, 4) is 11.4 Å². The van der Waals surface area contributed by atoms with Crippen LogP contribution in [0.15, 0.2) is 103 Å². The number of fused-ring (bicyclic) bond motifs is 6. The molecule has 0 radical (unpaired) electrons. The highest BCUT2D eigenvalue weighted by molar-refractivity contribution is 6.12. The molecule has 53 heavy (non-hydrogen) atoms. The number of benzene rings is 4. The first-order valence-corrected chi connectivity index (χ1v) is 15.6. The molecule has 0 unspecified atom stereocenters. The molecule has 0 amide bonds. The Balaban J connectivity index is 1.49. The Morgan fingerprint density at radius 1 is 0.453 bits per heavy atom. The van der Waals surface area contributed by atoms with Gasteiger partial charge in [0, 0.05) is 27.1 Å². The van der Waals surface area contributed by atoms with Crippen LogP contribution in [0.1, 0.15) is 34.2 Å². The minimum Gasteiger partial charge on any atom is -0.307 e. The predicted octanol–water partition coefficient (Wildman–Crippen LogP) is 12.7. The smallest absolute Gasteiger partial charge is 0.307 e. The van der Waals surface area contributed by atoms with E-state index in [1.807, 2.05) is 0 Å². The maximum Gasteiger partial charge on any atom is 0.416 e. The first-order chi connectivity index (χ1) is 24.8. The van der Waals surface area contributed by atoms with Gasteiger partial charge in [-0.25, -0.2) is 0 Å². The second kappa shape index (κ2) is 11.4. The highest BCUT2D eigenvalue weighted by Crippen LogP contribution is 2.45. The second-order valence-corrected chi connectivity index (χ2v) is 12.5. The van der Waals surface area contributed by atoms with Crippen molar-refractivity contribution in [1.82, 2.24) is 14.1 Å². The SMILES string of the molecule is FC(F)(F)c1ccc2c(c1)c1cc(C(F)(F)F)ccc1n2-c1cncc(-n2c3ccc(C(F)(F)F)cc3c3cc(C(F)(F)F)ccc32)c1C1=CC=CC1. The van der Waals surface area contributed by atoms with Crippen LogP contribution in [0.2, 0.25) is 0 Å². The van der Waals surface area contributed by atoms with E-state index in [9.17, 15) is 52.7 Å². The van der Waals surface area contributed by atoms with E-state index in [1.54, 1.807) is 18.2 Å². The van der Waals surface area contributed by atoms with E-state index < -0.39 is 47.0 Å². The zero-order valence-corrected chi connectivity index (χ0v) is 26.4. The highest BCUT2D eigenvalue weighted by Gasteiger charge is 2.36. The first-order valence-electron chi connectivity index (χ1n) is 15.6. The summed E-state index contributed by atoms with van der Waals surface area (Å²) in [5.41, 5.74) is -2.75. The van der Waals surface area contributed by atoms with Crippen molar-refractivity contribution >= 4 is 49.2 Å². The van der Waals surface area contributed by atoms with Gasteiger partial charge in [-0.2, -0.15) is 52.7 Å². The lowest BCUT2D eigenvalue weighted by atomic mass is 10.0. The molecule has 7 aromatic rings. The highest BCUT2D eigenvalue weighted by atomic mass is 19.4. The van der Waals surface area contributed by atoms with Crippen LogP contribution < -0.4 is 0 Å². The average molecular weight is 746 g/mol. The average Bonchev–Trinajstić information content (AvgIpc) is 3.80. The van der Waals surface area contributed by atoms with Gasteiger partial charge >= 0.3 is 24.7 Å². The molecule has 1 aliphatic carbocycles. The Hall–Kier alpha value is -5.73. The van der Waals surface area contributed by atoms with Gasteiger partial charge in [0.1, 0.15) is 0 Å². The molecule has 4 aromatic carbocycles. The van der Waals surface area contributed by atoms with Crippen LogP contribution in [-0.4, -0.2) is 14.1 Å². The van der Waals surface area contributed by atoms with Crippen molar-refractivity contribution in [3.63, 3.8) is 0 Å². The number of rotatable bonds is 3. The zero-order chi connectivity index (χ0) is 37.8. The molecule has 0 aliphatic heterocycles. The molecule has 0 N–H and O–H groups in total. The summed E-state index contributed by atoms with van der Waals surface area (Å²) in [6.07, 6.45) is -11.1. The molecule has 15 heteroatoms. The van der Waals surface area contributed by atoms with E-state index >= 15 is 0 Å². The molecule has 270 valence electrons. The minimum atomic E-state index is -4.83. The number of alkyl halides is 12. The Labute approximate surface area is 289 Å². The third kappa shape index (κ3) is 5.60. The van der Waals surface area contributed by atoms with Crippen LogP contribution in [-0.2, 0) is 24.7 Å². The number of nitrogens with zero attached hydrogens (tertiary/aromatic N) is 3. The number of hydrogen-bond acceptors (Lipinski definition) is 1. The van der Waals surface area contributed by atoms with Crippen molar-refractivity contribution in [2.75, 3.05) is 0 Å². The van der Waals surface area contributed by atoms with E-state index in [1.165, 1.54) is 21.5 Å². The van der Waals surface area contributed by atoms with Gasteiger partial charge in [-0.3, -0.25) is 4.98 Å². The summed E-state index contributed by atoms with van der Waals surface area (Å²) in [5, 5.41) is -0.585. The lowest BCUT2D eigenvalue weighted by molar-refractivity contribution is -0.138. The summed E-state index contributed by atoms with van der Waals surface area (Å²) in [4.78, 5) is 4.37. The topological polar surface area (TPSA) is 22.8 Å². The van der Waals surface area contributed by atoms with E-state index in [0.717, 1.165) is 72.8 Å². The lowest BCUT2D eigenvalue weighted by Gasteiger charge is -2.20. The van der Waals surface area contributed by atoms with Gasteiger partial charge < -0.3 is 9.13 Å². The summed E-state index contributed by atoms with van der Waals surface area (Å²) in [5.74, 6) is 0. The molecule has 3 heterocycles. The summed E-state index contributed by atoms with van der Waals surface area (Å²) in [6, 6.07) is 10.7. The van der Waals surface area contributed by atoms with Crippen molar-refractivity contribution in [2.24, 2.45) is 0 Å². The van der Waals surface area contributed by atoms with Crippen LogP contribution in [0.3, 0.4) is 0 Å². The van der Waals surface area contributed by atoms with Crippen molar-refractivity contribution in [1.29, 1.82) is 0 Å². The van der Waals surface area contributed by atoms with Gasteiger partial charge in [-0.05, 0) is 84.8 Å². The van der Waals surface area contributed by atoms with E-state index in [0.29, 0.717) is 11.1 Å². The van der Waals surface area contributed by atoms with Crippen LogP contribution in [0.4, 0.5) is 52.7 Å². The van der Waals surface area contributed by atoms with E-state index in [4.69, 9.17) is 0 Å². The third-order valence-corrected chi connectivity index (χ3v) is 9.32. The molecule has 0 saturated heterocycles. The summed E-state index contributed by atoms with van der Waals surface area (Å²) < 4.78 is 170. The molecule has 3 aromatic heterocycles. The summed E-state index contributed by atoms with van der Waals surface area (Å²) in [6.45, 7) is 0. The number of allylic oxidation sites excluding steroid dienone is 4. The van der Waals surface area contributed by atoms with Crippen LogP contribution in [0.25, 0.3) is 60.6 Å².